The molecule has 0 spiro atoms. The van der Waals surface area contributed by atoms with Crippen molar-refractivity contribution in [2.24, 2.45) is 0 Å². The van der Waals surface area contributed by atoms with Gasteiger partial charge in [0.2, 0.25) is 11.0 Å². The first-order valence-corrected chi connectivity index (χ1v) is 10.5. The van der Waals surface area contributed by atoms with Gasteiger partial charge < -0.3 is 10.6 Å². The van der Waals surface area contributed by atoms with E-state index in [2.05, 4.69) is 20.8 Å². The van der Waals surface area contributed by atoms with Gasteiger partial charge in [0.1, 0.15) is 5.01 Å². The van der Waals surface area contributed by atoms with Crippen LogP contribution in [0.1, 0.15) is 52.2 Å². The highest BCUT2D eigenvalue weighted by atomic mass is 35.5. The SMILES string of the molecule is O=C(CC(NC(=O)c1ccccc1Cl)c1ccccc1)Nc1nnc(C2CC2)s1. The van der Waals surface area contributed by atoms with Gasteiger partial charge in [0.15, 0.2) is 0 Å². The number of hydrogen-bond donors (Lipinski definition) is 2. The average molecular weight is 427 g/mol. The summed E-state index contributed by atoms with van der Waals surface area (Å²) >= 11 is 7.55. The minimum Gasteiger partial charge on any atom is -0.345 e. The van der Waals surface area contributed by atoms with Crippen LogP contribution >= 0.6 is 22.9 Å². The molecule has 3 aromatic rings. The molecule has 1 unspecified atom stereocenters. The van der Waals surface area contributed by atoms with Crippen molar-refractivity contribution in [3.8, 4) is 0 Å². The number of rotatable bonds is 7. The maximum Gasteiger partial charge on any atom is 0.253 e. The van der Waals surface area contributed by atoms with E-state index in [0.717, 1.165) is 23.4 Å². The zero-order valence-electron chi connectivity index (χ0n) is 15.5. The summed E-state index contributed by atoms with van der Waals surface area (Å²) in [5, 5.41) is 15.7. The Bertz CT molecular complexity index is 1020. The lowest BCUT2D eigenvalue weighted by Gasteiger charge is -2.19. The van der Waals surface area contributed by atoms with E-state index in [1.807, 2.05) is 30.3 Å². The van der Waals surface area contributed by atoms with Crippen LogP contribution < -0.4 is 10.6 Å². The van der Waals surface area contributed by atoms with Crippen molar-refractivity contribution in [1.82, 2.24) is 15.5 Å². The van der Waals surface area contributed by atoms with Crippen LogP contribution in [0.2, 0.25) is 5.02 Å². The summed E-state index contributed by atoms with van der Waals surface area (Å²) in [4.78, 5) is 25.4. The summed E-state index contributed by atoms with van der Waals surface area (Å²) in [6.45, 7) is 0. The number of hydrogen-bond acceptors (Lipinski definition) is 5. The van der Waals surface area contributed by atoms with E-state index in [9.17, 15) is 9.59 Å². The van der Waals surface area contributed by atoms with Gasteiger partial charge in [-0.25, -0.2) is 0 Å². The van der Waals surface area contributed by atoms with E-state index in [1.165, 1.54) is 11.3 Å². The average Bonchev–Trinajstić information content (AvgIpc) is 3.48. The van der Waals surface area contributed by atoms with Gasteiger partial charge >= 0.3 is 0 Å². The summed E-state index contributed by atoms with van der Waals surface area (Å²) in [6.07, 6.45) is 2.33. The third-order valence-electron chi connectivity index (χ3n) is 4.63. The van der Waals surface area contributed by atoms with E-state index < -0.39 is 6.04 Å². The van der Waals surface area contributed by atoms with E-state index in [4.69, 9.17) is 11.6 Å². The van der Waals surface area contributed by atoms with Crippen LogP contribution in [0.3, 0.4) is 0 Å². The molecule has 1 fully saturated rings. The smallest absolute Gasteiger partial charge is 0.253 e. The summed E-state index contributed by atoms with van der Waals surface area (Å²) in [7, 11) is 0. The summed E-state index contributed by atoms with van der Waals surface area (Å²) in [5.74, 6) is -0.0777. The Kier molecular flexibility index (Phi) is 5.87. The number of nitrogens with one attached hydrogen (secondary N) is 2. The largest absolute Gasteiger partial charge is 0.345 e. The summed E-state index contributed by atoms with van der Waals surface area (Å²) in [5.41, 5.74) is 1.20. The molecule has 8 heteroatoms. The molecule has 4 rings (SSSR count). The lowest BCUT2D eigenvalue weighted by Crippen LogP contribution is -2.31. The van der Waals surface area contributed by atoms with E-state index in [1.54, 1.807) is 24.3 Å². The van der Waals surface area contributed by atoms with Crippen LogP contribution in [-0.2, 0) is 4.79 Å². The fraction of sp³-hybridized carbons (Fsp3) is 0.238. The Labute approximate surface area is 177 Å². The van der Waals surface area contributed by atoms with Crippen molar-refractivity contribution in [3.63, 3.8) is 0 Å². The number of anilines is 1. The van der Waals surface area contributed by atoms with Gasteiger partial charge in [-0.3, -0.25) is 9.59 Å². The van der Waals surface area contributed by atoms with E-state index in [-0.39, 0.29) is 18.2 Å². The quantitative estimate of drug-likeness (QED) is 0.579. The molecule has 1 aromatic heterocycles. The fourth-order valence-electron chi connectivity index (χ4n) is 2.95. The first-order chi connectivity index (χ1) is 14.1. The molecule has 2 N–H and O–H groups in total. The molecule has 0 aliphatic heterocycles. The highest BCUT2D eigenvalue weighted by Gasteiger charge is 2.28. The predicted octanol–water partition coefficient (Wildman–Crippen LogP) is 4.57. The predicted molar refractivity (Wildman–Crippen MR) is 113 cm³/mol. The zero-order chi connectivity index (χ0) is 20.2. The molecule has 1 atom stereocenters. The topological polar surface area (TPSA) is 84.0 Å². The second-order valence-electron chi connectivity index (χ2n) is 6.89. The van der Waals surface area contributed by atoms with Gasteiger partial charge in [0.25, 0.3) is 5.91 Å². The molecule has 1 saturated carbocycles. The standard InChI is InChI=1S/C21H19ClN4O2S/c22-16-9-5-4-8-15(16)19(28)23-17(13-6-2-1-3-7-13)12-18(27)24-21-26-25-20(29-21)14-10-11-14/h1-9,14,17H,10-12H2,(H,23,28)(H,24,26,27). The van der Waals surface area contributed by atoms with Crippen molar-refractivity contribution in [3.05, 3.63) is 75.8 Å². The van der Waals surface area contributed by atoms with Gasteiger partial charge in [0, 0.05) is 5.92 Å². The van der Waals surface area contributed by atoms with Gasteiger partial charge in [-0.05, 0) is 30.5 Å². The highest BCUT2D eigenvalue weighted by Crippen LogP contribution is 2.42. The Morgan fingerprint density at radius 3 is 2.52 bits per heavy atom. The van der Waals surface area contributed by atoms with Crippen molar-refractivity contribution in [2.45, 2.75) is 31.2 Å². The zero-order valence-corrected chi connectivity index (χ0v) is 17.0. The summed E-state index contributed by atoms with van der Waals surface area (Å²) < 4.78 is 0. The van der Waals surface area contributed by atoms with Crippen molar-refractivity contribution in [1.29, 1.82) is 0 Å². The highest BCUT2D eigenvalue weighted by molar-refractivity contribution is 7.15. The molecule has 2 amide bonds. The van der Waals surface area contributed by atoms with Crippen LogP contribution in [0.25, 0.3) is 0 Å². The maximum absolute atomic E-state index is 12.7. The van der Waals surface area contributed by atoms with Crippen LogP contribution in [0, 0.1) is 0 Å². The normalized spacial score (nSPS) is 14.2. The molecular weight excluding hydrogens is 408 g/mol. The molecule has 1 heterocycles. The Morgan fingerprint density at radius 2 is 1.79 bits per heavy atom. The molecule has 6 nitrogen and oxygen atoms in total. The van der Waals surface area contributed by atoms with Crippen molar-refractivity contribution >= 4 is 39.9 Å². The first kappa shape index (κ1) is 19.5. The third-order valence-corrected chi connectivity index (χ3v) is 5.96. The summed E-state index contributed by atoms with van der Waals surface area (Å²) in [6, 6.07) is 15.7. The molecule has 0 saturated heterocycles. The third kappa shape index (κ3) is 4.99. The maximum atomic E-state index is 12.7. The molecule has 148 valence electrons. The minimum atomic E-state index is -0.504. The molecule has 29 heavy (non-hydrogen) atoms. The van der Waals surface area contributed by atoms with Crippen LogP contribution in [0.5, 0.6) is 0 Å². The Hall–Kier alpha value is -2.77. The van der Waals surface area contributed by atoms with Gasteiger partial charge in [0.05, 0.1) is 23.0 Å². The van der Waals surface area contributed by atoms with E-state index >= 15 is 0 Å². The molecular formula is C21H19ClN4O2S. The number of carbonyl (C=O) groups excluding carboxylic acids is 2. The molecule has 1 aliphatic rings. The molecule has 2 aromatic carbocycles. The van der Waals surface area contributed by atoms with Crippen LogP contribution in [0.4, 0.5) is 5.13 Å². The van der Waals surface area contributed by atoms with Crippen molar-refractivity contribution in [2.75, 3.05) is 5.32 Å². The number of nitrogens with zero attached hydrogens (tertiary/aromatic N) is 2. The Balaban J connectivity index is 1.47. The lowest BCUT2D eigenvalue weighted by molar-refractivity contribution is -0.116. The lowest BCUT2D eigenvalue weighted by atomic mass is 10.0. The molecule has 1 aliphatic carbocycles. The van der Waals surface area contributed by atoms with Crippen LogP contribution in [-0.4, -0.2) is 22.0 Å². The number of halogens is 1. The number of benzene rings is 2. The van der Waals surface area contributed by atoms with E-state index in [0.29, 0.717) is 21.6 Å². The van der Waals surface area contributed by atoms with Crippen LogP contribution in [0.15, 0.2) is 54.6 Å². The van der Waals surface area contributed by atoms with Gasteiger partial charge in [-0.2, -0.15) is 0 Å². The second kappa shape index (κ2) is 8.71. The number of carbonyl (C=O) groups is 2. The minimum absolute atomic E-state index is 0.0680. The molecule has 0 radical (unpaired) electrons. The Morgan fingerprint density at radius 1 is 1.07 bits per heavy atom. The van der Waals surface area contributed by atoms with Crippen molar-refractivity contribution < 1.29 is 9.59 Å². The first-order valence-electron chi connectivity index (χ1n) is 9.34. The fourth-order valence-corrected chi connectivity index (χ4v) is 4.11. The molecule has 0 bridgehead atoms. The second-order valence-corrected chi connectivity index (χ2v) is 8.30. The van der Waals surface area contributed by atoms with Gasteiger partial charge in [-0.1, -0.05) is 65.4 Å². The van der Waals surface area contributed by atoms with Gasteiger partial charge in [-0.15, -0.1) is 10.2 Å². The monoisotopic (exact) mass is 426 g/mol. The number of aromatic nitrogens is 2. The number of amides is 2.